The van der Waals surface area contributed by atoms with E-state index in [4.69, 9.17) is 9.47 Å². The maximum atomic E-state index is 12.7. The first-order valence-corrected chi connectivity index (χ1v) is 9.41. The fraction of sp³-hybridized carbons (Fsp3) is 0.944. The number of hydrogen-bond acceptors (Lipinski definition) is 4. The Kier molecular flexibility index (Phi) is 4.61. The van der Waals surface area contributed by atoms with Crippen molar-refractivity contribution in [1.29, 1.82) is 0 Å². The second-order valence-corrected chi connectivity index (χ2v) is 8.09. The molecule has 5 heteroatoms. The molecule has 4 aliphatic rings. The van der Waals surface area contributed by atoms with E-state index in [1.165, 1.54) is 32.2 Å². The minimum absolute atomic E-state index is 0.0774. The highest BCUT2D eigenvalue weighted by molar-refractivity contribution is 5.77. The summed E-state index contributed by atoms with van der Waals surface area (Å²) in [6, 6.07) is 0. The number of fused-ring (bicyclic) bond motifs is 1. The molecular formula is C18H30N2O3. The molecule has 3 saturated heterocycles. The molecule has 130 valence electrons. The molecular weight excluding hydrogens is 292 g/mol. The van der Waals surface area contributed by atoms with E-state index in [1.54, 1.807) is 0 Å². The number of amides is 1. The fourth-order valence-corrected chi connectivity index (χ4v) is 5.12. The number of rotatable bonds is 4. The molecule has 0 spiro atoms. The van der Waals surface area contributed by atoms with Crippen LogP contribution < -0.4 is 0 Å². The summed E-state index contributed by atoms with van der Waals surface area (Å²) in [6.07, 6.45) is 6.28. The molecule has 23 heavy (non-hydrogen) atoms. The average Bonchev–Trinajstić information content (AvgIpc) is 3.25. The minimum Gasteiger partial charge on any atom is -0.380 e. The van der Waals surface area contributed by atoms with Gasteiger partial charge >= 0.3 is 0 Å². The Labute approximate surface area is 139 Å². The largest absolute Gasteiger partial charge is 0.380 e. The number of carbonyl (C=O) groups excluding carboxylic acids is 1. The van der Waals surface area contributed by atoms with E-state index in [0.717, 1.165) is 45.3 Å². The van der Waals surface area contributed by atoms with E-state index < -0.39 is 0 Å². The third kappa shape index (κ3) is 3.28. The quantitative estimate of drug-likeness (QED) is 0.784. The Hall–Kier alpha value is -0.650. The monoisotopic (exact) mass is 322 g/mol. The van der Waals surface area contributed by atoms with Crippen LogP contribution in [-0.2, 0) is 14.3 Å². The number of morpholine rings is 1. The van der Waals surface area contributed by atoms with Gasteiger partial charge in [0, 0.05) is 50.5 Å². The Balaban J connectivity index is 1.37. The predicted octanol–water partition coefficient (Wildman–Crippen LogP) is 1.37. The SMILES string of the molecule is O=C(C[C@]12COC[C@H]1CN(CC1CCCC1)C2)N1CCOCC1. The van der Waals surface area contributed by atoms with Gasteiger partial charge in [-0.25, -0.2) is 0 Å². The fourth-order valence-electron chi connectivity index (χ4n) is 5.12. The lowest BCUT2D eigenvalue weighted by Crippen LogP contribution is -2.44. The molecule has 4 fully saturated rings. The number of hydrogen-bond donors (Lipinski definition) is 0. The van der Waals surface area contributed by atoms with Crippen molar-refractivity contribution in [2.24, 2.45) is 17.3 Å². The Morgan fingerprint density at radius 1 is 1.13 bits per heavy atom. The van der Waals surface area contributed by atoms with Gasteiger partial charge in [0.2, 0.25) is 5.91 Å². The molecule has 0 aromatic carbocycles. The lowest BCUT2D eigenvalue weighted by Gasteiger charge is -2.32. The molecule has 3 aliphatic heterocycles. The summed E-state index contributed by atoms with van der Waals surface area (Å²) in [5.74, 6) is 1.75. The van der Waals surface area contributed by atoms with Gasteiger partial charge in [0.25, 0.3) is 0 Å². The van der Waals surface area contributed by atoms with Gasteiger partial charge in [-0.1, -0.05) is 12.8 Å². The van der Waals surface area contributed by atoms with Crippen molar-refractivity contribution < 1.29 is 14.3 Å². The lowest BCUT2D eigenvalue weighted by molar-refractivity contribution is -0.138. The van der Waals surface area contributed by atoms with Crippen LogP contribution in [0.5, 0.6) is 0 Å². The molecule has 1 saturated carbocycles. The summed E-state index contributed by atoms with van der Waals surface area (Å²) >= 11 is 0. The highest BCUT2D eigenvalue weighted by Crippen LogP contribution is 2.45. The molecule has 4 rings (SSSR count). The van der Waals surface area contributed by atoms with Crippen molar-refractivity contribution in [2.45, 2.75) is 32.1 Å². The average molecular weight is 322 g/mol. The van der Waals surface area contributed by atoms with Gasteiger partial charge in [0.05, 0.1) is 26.4 Å². The Morgan fingerprint density at radius 2 is 1.91 bits per heavy atom. The molecule has 0 bridgehead atoms. The van der Waals surface area contributed by atoms with Crippen molar-refractivity contribution in [3.8, 4) is 0 Å². The maximum absolute atomic E-state index is 12.7. The summed E-state index contributed by atoms with van der Waals surface area (Å²) in [7, 11) is 0. The Morgan fingerprint density at radius 3 is 2.70 bits per heavy atom. The van der Waals surface area contributed by atoms with Crippen LogP contribution >= 0.6 is 0 Å². The highest BCUT2D eigenvalue weighted by atomic mass is 16.5. The van der Waals surface area contributed by atoms with Crippen LogP contribution in [0.25, 0.3) is 0 Å². The third-order valence-corrected chi connectivity index (χ3v) is 6.45. The predicted molar refractivity (Wildman–Crippen MR) is 87.2 cm³/mol. The van der Waals surface area contributed by atoms with Crippen LogP contribution in [0, 0.1) is 17.3 Å². The number of carbonyl (C=O) groups is 1. The molecule has 0 N–H and O–H groups in total. The van der Waals surface area contributed by atoms with Gasteiger partial charge < -0.3 is 19.3 Å². The molecule has 0 aromatic rings. The summed E-state index contributed by atoms with van der Waals surface area (Å²) in [5, 5.41) is 0. The highest BCUT2D eigenvalue weighted by Gasteiger charge is 2.52. The second kappa shape index (κ2) is 6.69. The molecule has 1 aliphatic carbocycles. The van der Waals surface area contributed by atoms with Crippen LogP contribution in [0.2, 0.25) is 0 Å². The zero-order valence-corrected chi connectivity index (χ0v) is 14.2. The van der Waals surface area contributed by atoms with Gasteiger partial charge in [-0.15, -0.1) is 0 Å². The van der Waals surface area contributed by atoms with Crippen LogP contribution in [-0.4, -0.2) is 74.9 Å². The van der Waals surface area contributed by atoms with E-state index in [9.17, 15) is 4.79 Å². The van der Waals surface area contributed by atoms with Crippen LogP contribution in [0.4, 0.5) is 0 Å². The maximum Gasteiger partial charge on any atom is 0.223 e. The molecule has 5 nitrogen and oxygen atoms in total. The number of likely N-dealkylation sites (tertiary alicyclic amines) is 1. The van der Waals surface area contributed by atoms with Crippen molar-refractivity contribution >= 4 is 5.91 Å². The van der Waals surface area contributed by atoms with Gasteiger partial charge in [-0.3, -0.25) is 4.79 Å². The normalized spacial score (nSPS) is 35.8. The number of ether oxygens (including phenoxy) is 2. The summed E-state index contributed by atoms with van der Waals surface area (Å²) < 4.78 is 11.2. The van der Waals surface area contributed by atoms with Crippen molar-refractivity contribution in [2.75, 3.05) is 59.2 Å². The van der Waals surface area contributed by atoms with Crippen LogP contribution in [0.1, 0.15) is 32.1 Å². The summed E-state index contributed by atoms with van der Waals surface area (Å²) in [6.45, 7) is 7.94. The topological polar surface area (TPSA) is 42.0 Å². The molecule has 2 atom stereocenters. The molecule has 0 aromatic heterocycles. The van der Waals surface area contributed by atoms with Crippen molar-refractivity contribution in [3.63, 3.8) is 0 Å². The lowest BCUT2D eigenvalue weighted by atomic mass is 9.77. The number of nitrogens with zero attached hydrogens (tertiary/aromatic N) is 2. The first-order chi connectivity index (χ1) is 11.3. The molecule has 0 unspecified atom stereocenters. The van der Waals surface area contributed by atoms with E-state index >= 15 is 0 Å². The van der Waals surface area contributed by atoms with Crippen molar-refractivity contribution in [3.05, 3.63) is 0 Å². The summed E-state index contributed by atoms with van der Waals surface area (Å²) in [4.78, 5) is 17.4. The van der Waals surface area contributed by atoms with Crippen molar-refractivity contribution in [1.82, 2.24) is 9.80 Å². The van der Waals surface area contributed by atoms with E-state index in [2.05, 4.69) is 4.90 Å². The third-order valence-electron chi connectivity index (χ3n) is 6.45. The first-order valence-electron chi connectivity index (χ1n) is 9.41. The van der Waals surface area contributed by atoms with Crippen LogP contribution in [0.3, 0.4) is 0 Å². The van der Waals surface area contributed by atoms with Gasteiger partial charge in [0.1, 0.15) is 0 Å². The first kappa shape index (κ1) is 15.9. The van der Waals surface area contributed by atoms with Gasteiger partial charge in [-0.05, 0) is 18.8 Å². The Bertz CT molecular complexity index is 432. The smallest absolute Gasteiger partial charge is 0.223 e. The minimum atomic E-state index is 0.0774. The second-order valence-electron chi connectivity index (χ2n) is 8.09. The zero-order valence-electron chi connectivity index (χ0n) is 14.2. The zero-order chi connectivity index (χ0) is 15.7. The molecule has 0 radical (unpaired) electrons. The van der Waals surface area contributed by atoms with Crippen LogP contribution in [0.15, 0.2) is 0 Å². The van der Waals surface area contributed by atoms with E-state index in [-0.39, 0.29) is 5.41 Å². The van der Waals surface area contributed by atoms with E-state index in [1.807, 2.05) is 4.90 Å². The van der Waals surface area contributed by atoms with Gasteiger partial charge in [0.15, 0.2) is 0 Å². The molecule has 3 heterocycles. The van der Waals surface area contributed by atoms with Gasteiger partial charge in [-0.2, -0.15) is 0 Å². The van der Waals surface area contributed by atoms with E-state index in [0.29, 0.717) is 31.5 Å². The summed E-state index contributed by atoms with van der Waals surface area (Å²) in [5.41, 5.74) is 0.0774. The molecule has 1 amide bonds. The standard InChI is InChI=1S/C18H30N2O3/c21-17(20-5-7-22-8-6-20)9-18-13-19(10-15-3-1-2-4-15)11-16(18)12-23-14-18/h15-16H,1-14H2/t16-,18+/m1/s1.